The molecule has 0 bridgehead atoms. The van der Waals surface area contributed by atoms with Crippen molar-refractivity contribution < 1.29 is 0 Å². The van der Waals surface area contributed by atoms with Gasteiger partial charge in [-0.05, 0) is 255 Å². The van der Waals surface area contributed by atoms with Gasteiger partial charge in [-0.3, -0.25) is 9.97 Å². The predicted molar refractivity (Wildman–Crippen MR) is 306 cm³/mol. The Morgan fingerprint density at radius 1 is 0.141 bits per heavy atom. The first-order valence-electron chi connectivity index (χ1n) is 26.1. The van der Waals surface area contributed by atoms with E-state index in [1.807, 2.05) is 83.1 Å². The van der Waals surface area contributed by atoms with Crippen LogP contribution in [0.4, 0.5) is 0 Å². The fraction of sp³-hybridized carbons (Fsp3) is 0.400. The Hall–Kier alpha value is -8.28. The second kappa shape index (κ2) is 22.7. The molecule has 0 atom stereocenters. The van der Waals surface area contributed by atoms with Gasteiger partial charge >= 0.3 is 0 Å². The quantitative estimate of drug-likeness (QED) is 0.151. The van der Waals surface area contributed by atoms with Crippen LogP contribution < -0.4 is 0 Å². The summed E-state index contributed by atoms with van der Waals surface area (Å²) >= 11 is 0. The third kappa shape index (κ3) is 11.0. The van der Waals surface area contributed by atoms with Crippen molar-refractivity contribution in [2.45, 2.75) is 166 Å². The first-order chi connectivity index (χ1) is 36.7. The number of aryl methyl sites for hydroxylation is 8. The zero-order chi connectivity index (χ0) is 57.5. The Balaban J connectivity index is 0.000000170. The summed E-state index contributed by atoms with van der Waals surface area (Å²) in [4.78, 5) is 27.8. The number of aromatic nitrogens is 18. The largest absolute Gasteiger partial charge is 0.257 e. The molecule has 0 aliphatic heterocycles. The fourth-order valence-corrected chi connectivity index (χ4v) is 9.30. The van der Waals surface area contributed by atoms with Crippen LogP contribution in [0, 0.1) is 166 Å². The minimum atomic E-state index is 0.440. The molecule has 9 heterocycles. The van der Waals surface area contributed by atoms with E-state index in [0.29, 0.717) is 34.9 Å². The van der Waals surface area contributed by atoms with E-state index in [-0.39, 0.29) is 0 Å². The van der Waals surface area contributed by atoms with Crippen molar-refractivity contribution in [3.8, 4) is 68.8 Å². The third-order valence-corrected chi connectivity index (χ3v) is 16.3. The normalized spacial score (nSPS) is 11.1. The maximum atomic E-state index is 4.64. The highest BCUT2D eigenvalue weighted by Gasteiger charge is 2.22. The van der Waals surface area contributed by atoms with Gasteiger partial charge in [-0.25, -0.2) is 19.9 Å². The molecule has 0 aliphatic rings. The molecule has 0 aromatic carbocycles. The standard InChI is InChI=1S/3C20H24N6/c1-9-11(3)17(15(7)21-13(9)5)19-23-25-20(26-24-19)18-12(4)10(2)14(6)22-16(18)8;2*1-9-11(3)15(7)21-17(13(9)5)19-23-25-20(26-24-19)18-14(6)10(2)12(4)16(8)22-18/h3*1-8H3. The maximum absolute atomic E-state index is 4.64. The lowest BCUT2D eigenvalue weighted by Gasteiger charge is -2.14. The Bertz CT molecular complexity index is 3400. The number of nitrogens with zero attached hydrogens (tertiary/aromatic N) is 18. The van der Waals surface area contributed by atoms with Gasteiger partial charge < -0.3 is 0 Å². The molecule has 0 saturated heterocycles. The van der Waals surface area contributed by atoms with Gasteiger partial charge in [-0.2, -0.15) is 0 Å². The molecule has 9 aromatic heterocycles. The molecule has 0 N–H and O–H groups in total. The molecule has 402 valence electrons. The van der Waals surface area contributed by atoms with Gasteiger partial charge in [0.15, 0.2) is 0 Å². The van der Waals surface area contributed by atoms with Crippen LogP contribution in [-0.2, 0) is 0 Å². The number of hydrogen-bond donors (Lipinski definition) is 0. The van der Waals surface area contributed by atoms with Crippen molar-refractivity contribution >= 4 is 0 Å². The maximum Gasteiger partial charge on any atom is 0.222 e. The highest BCUT2D eigenvalue weighted by Crippen LogP contribution is 2.31. The molecule has 0 aliphatic carbocycles. The molecular weight excluding hydrogens is 973 g/mol. The minimum absolute atomic E-state index is 0.440. The van der Waals surface area contributed by atoms with E-state index < -0.39 is 0 Å². The van der Waals surface area contributed by atoms with Gasteiger partial charge in [0.1, 0.15) is 22.8 Å². The second-order valence-corrected chi connectivity index (χ2v) is 20.6. The molecule has 9 rings (SSSR count). The van der Waals surface area contributed by atoms with Gasteiger partial charge in [0.05, 0.1) is 0 Å². The monoisotopic (exact) mass is 1040 g/mol. The summed E-state index contributed by atoms with van der Waals surface area (Å²) in [5.74, 6) is 2.77. The van der Waals surface area contributed by atoms with Crippen LogP contribution in [0.25, 0.3) is 68.8 Å². The fourth-order valence-electron chi connectivity index (χ4n) is 9.30. The van der Waals surface area contributed by atoms with Crippen molar-refractivity contribution in [3.05, 3.63) is 135 Å². The van der Waals surface area contributed by atoms with Crippen LogP contribution in [0.3, 0.4) is 0 Å². The van der Waals surface area contributed by atoms with Crippen molar-refractivity contribution in [2.75, 3.05) is 0 Å². The predicted octanol–water partition coefficient (Wildman–Crippen LogP) is 11.6. The van der Waals surface area contributed by atoms with Crippen molar-refractivity contribution in [2.24, 2.45) is 0 Å². The SMILES string of the molecule is Cc1nc(-c2nnc(-c3nc(C)c(C)c(C)c3C)nn2)c(C)c(C)c1C.Cc1nc(-c2nnc(-c3nc(C)c(C)c(C)c3C)nn2)c(C)c(C)c1C.Cc1nc(C)c(-c2nnc(-c3c(C)nc(C)c(C)c3C)nn2)c(C)c1C. The summed E-state index contributed by atoms with van der Waals surface area (Å²) in [6.07, 6.45) is 0. The zero-order valence-electron chi connectivity index (χ0n) is 50.0. The number of pyridine rings is 6. The van der Waals surface area contributed by atoms with E-state index in [1.54, 1.807) is 0 Å². The third-order valence-electron chi connectivity index (χ3n) is 16.3. The molecule has 0 radical (unpaired) electrons. The Morgan fingerprint density at radius 2 is 0.308 bits per heavy atom. The summed E-state index contributed by atoms with van der Waals surface area (Å²) in [5, 5.41) is 51.8. The number of hydrogen-bond acceptors (Lipinski definition) is 18. The lowest BCUT2D eigenvalue weighted by atomic mass is 10.0. The van der Waals surface area contributed by atoms with Crippen LogP contribution in [0.5, 0.6) is 0 Å². The molecule has 0 saturated carbocycles. The van der Waals surface area contributed by atoms with E-state index >= 15 is 0 Å². The molecule has 18 nitrogen and oxygen atoms in total. The van der Waals surface area contributed by atoms with Crippen LogP contribution >= 0.6 is 0 Å². The van der Waals surface area contributed by atoms with Gasteiger partial charge in [0.2, 0.25) is 34.9 Å². The molecule has 0 spiro atoms. The molecule has 18 heteroatoms. The molecule has 0 unspecified atom stereocenters. The average Bonchev–Trinajstić information content (AvgIpc) is 3.44. The number of rotatable bonds is 6. The topological polar surface area (TPSA) is 232 Å². The Morgan fingerprint density at radius 3 is 0.513 bits per heavy atom. The van der Waals surface area contributed by atoms with E-state index in [4.69, 9.17) is 0 Å². The van der Waals surface area contributed by atoms with Gasteiger partial charge in [-0.1, -0.05) is 0 Å². The summed E-state index contributed by atoms with van der Waals surface area (Å²) in [6, 6.07) is 0. The molecule has 0 amide bonds. The van der Waals surface area contributed by atoms with Crippen LogP contribution in [-0.4, -0.2) is 91.1 Å². The minimum Gasteiger partial charge on any atom is -0.257 e. The van der Waals surface area contributed by atoms with Gasteiger partial charge in [0, 0.05) is 56.7 Å². The summed E-state index contributed by atoms with van der Waals surface area (Å²) < 4.78 is 0. The highest BCUT2D eigenvalue weighted by atomic mass is 15.3. The van der Waals surface area contributed by atoms with Gasteiger partial charge in [-0.15, -0.1) is 61.2 Å². The van der Waals surface area contributed by atoms with Crippen LogP contribution in [0.15, 0.2) is 0 Å². The summed E-state index contributed by atoms with van der Waals surface area (Å²) in [5.41, 5.74) is 30.7. The molecular formula is C60H72N18. The molecule has 0 fully saturated rings. The molecule has 9 aromatic rings. The first-order valence-corrected chi connectivity index (χ1v) is 26.1. The van der Waals surface area contributed by atoms with Crippen LogP contribution in [0.1, 0.15) is 135 Å². The second-order valence-electron chi connectivity index (χ2n) is 20.6. The Kier molecular flexibility index (Phi) is 16.7. The molecule has 78 heavy (non-hydrogen) atoms. The highest BCUT2D eigenvalue weighted by molar-refractivity contribution is 5.68. The lowest BCUT2D eigenvalue weighted by molar-refractivity contribution is 0.856. The van der Waals surface area contributed by atoms with Crippen molar-refractivity contribution in [1.82, 2.24) is 91.1 Å². The van der Waals surface area contributed by atoms with Crippen LogP contribution in [0.2, 0.25) is 0 Å². The zero-order valence-corrected chi connectivity index (χ0v) is 50.0. The average molecular weight is 1050 g/mol. The lowest BCUT2D eigenvalue weighted by Crippen LogP contribution is -2.07. The van der Waals surface area contributed by atoms with E-state index in [0.717, 1.165) is 124 Å². The van der Waals surface area contributed by atoms with E-state index in [2.05, 4.69) is 174 Å². The van der Waals surface area contributed by atoms with E-state index in [9.17, 15) is 0 Å². The summed E-state index contributed by atoms with van der Waals surface area (Å²) in [6.45, 7) is 48.9. The smallest absolute Gasteiger partial charge is 0.222 e. The van der Waals surface area contributed by atoms with Crippen molar-refractivity contribution in [3.63, 3.8) is 0 Å². The Labute approximate surface area is 458 Å². The summed E-state index contributed by atoms with van der Waals surface area (Å²) in [7, 11) is 0. The first kappa shape index (κ1) is 57.4. The van der Waals surface area contributed by atoms with Crippen molar-refractivity contribution in [1.29, 1.82) is 0 Å². The van der Waals surface area contributed by atoms with E-state index in [1.165, 1.54) is 44.5 Å². The van der Waals surface area contributed by atoms with Gasteiger partial charge in [0.25, 0.3) is 0 Å².